The van der Waals surface area contributed by atoms with Gasteiger partial charge in [0.05, 0.1) is 30.4 Å². The first-order chi connectivity index (χ1) is 19.3. The van der Waals surface area contributed by atoms with Gasteiger partial charge in [0.1, 0.15) is 11.8 Å². The van der Waals surface area contributed by atoms with E-state index in [1.54, 1.807) is 29.2 Å². The predicted octanol–water partition coefficient (Wildman–Crippen LogP) is 2.24. The van der Waals surface area contributed by atoms with E-state index in [0.29, 0.717) is 49.4 Å². The lowest BCUT2D eigenvalue weighted by Gasteiger charge is -2.42. The molecule has 0 saturated carbocycles. The zero-order valence-corrected chi connectivity index (χ0v) is 22.4. The van der Waals surface area contributed by atoms with Crippen LogP contribution in [0.5, 0.6) is 5.75 Å². The van der Waals surface area contributed by atoms with Crippen LogP contribution in [0.25, 0.3) is 0 Å². The molecule has 5 rings (SSSR count). The van der Waals surface area contributed by atoms with E-state index in [2.05, 4.69) is 10.6 Å². The standard InChI is InChI=1S/C29H34F2N4O5/c1-18(36)33-24-9-7-20-10-13-39-26-5-3-2-4-21(26)29(38)35-12-11-34(16-19-6-8-22(30)23(31)14-19)17-25(35)28(37)32-15-27(24)40-20/h2-6,8,14,20,24-25,27H,7,9-13,15-17H2,1H3,(H,32,37)(H,33,36)/t20-,24+,25-,27+/m0/s1. The molecule has 2 aromatic rings. The van der Waals surface area contributed by atoms with Crippen LogP contribution >= 0.6 is 0 Å². The molecule has 9 nitrogen and oxygen atoms in total. The van der Waals surface area contributed by atoms with Gasteiger partial charge in [0, 0.05) is 46.1 Å². The van der Waals surface area contributed by atoms with Crippen LogP contribution < -0.4 is 15.4 Å². The molecule has 0 aromatic heterocycles. The number of fused-ring (bicyclic) bond motifs is 4. The van der Waals surface area contributed by atoms with E-state index in [-0.39, 0.29) is 49.5 Å². The zero-order valence-electron chi connectivity index (χ0n) is 22.4. The number of carbonyl (C=O) groups excluding carboxylic acids is 3. The maximum absolute atomic E-state index is 13.8. The van der Waals surface area contributed by atoms with Crippen molar-refractivity contribution in [2.75, 3.05) is 32.8 Å². The van der Waals surface area contributed by atoms with Gasteiger partial charge in [-0.1, -0.05) is 18.2 Å². The van der Waals surface area contributed by atoms with Crippen LogP contribution in [-0.2, 0) is 20.9 Å². The highest BCUT2D eigenvalue weighted by Crippen LogP contribution is 2.26. The van der Waals surface area contributed by atoms with E-state index in [9.17, 15) is 23.2 Å². The Hall–Kier alpha value is -3.57. The molecule has 3 amide bonds. The Morgan fingerprint density at radius 2 is 1.90 bits per heavy atom. The third-order valence-corrected chi connectivity index (χ3v) is 7.71. The Labute approximate surface area is 231 Å². The molecule has 2 N–H and O–H groups in total. The number of halogens is 2. The summed E-state index contributed by atoms with van der Waals surface area (Å²) in [6.07, 6.45) is 1.49. The molecule has 40 heavy (non-hydrogen) atoms. The second-order valence-electron chi connectivity index (χ2n) is 10.6. The van der Waals surface area contributed by atoms with Crippen LogP contribution in [0.15, 0.2) is 42.5 Å². The summed E-state index contributed by atoms with van der Waals surface area (Å²) >= 11 is 0. The van der Waals surface area contributed by atoms with Gasteiger partial charge in [-0.2, -0.15) is 0 Å². The highest BCUT2D eigenvalue weighted by Gasteiger charge is 2.38. The number of amides is 3. The van der Waals surface area contributed by atoms with E-state index in [4.69, 9.17) is 9.47 Å². The summed E-state index contributed by atoms with van der Waals surface area (Å²) in [5, 5.41) is 5.89. The van der Waals surface area contributed by atoms with Gasteiger partial charge in [0.2, 0.25) is 11.8 Å². The molecule has 214 valence electrons. The topological polar surface area (TPSA) is 100 Å². The molecule has 4 atom stereocenters. The summed E-state index contributed by atoms with van der Waals surface area (Å²) in [5.41, 5.74) is 0.943. The molecular weight excluding hydrogens is 522 g/mol. The molecular formula is C29H34F2N4O5. The average molecular weight is 557 g/mol. The van der Waals surface area contributed by atoms with Gasteiger partial charge in [0.25, 0.3) is 5.91 Å². The lowest BCUT2D eigenvalue weighted by atomic mass is 9.96. The van der Waals surface area contributed by atoms with Crippen molar-refractivity contribution in [3.05, 3.63) is 65.2 Å². The Bertz CT molecular complexity index is 1260. The summed E-state index contributed by atoms with van der Waals surface area (Å²) in [4.78, 5) is 42.7. The summed E-state index contributed by atoms with van der Waals surface area (Å²) < 4.78 is 39.6. The number of piperazine rings is 1. The van der Waals surface area contributed by atoms with E-state index < -0.39 is 23.8 Å². The number of carbonyl (C=O) groups is 3. The average Bonchev–Trinajstić information content (AvgIpc) is 2.94. The summed E-state index contributed by atoms with van der Waals surface area (Å²) in [6, 6.07) is 9.63. The van der Waals surface area contributed by atoms with Crippen molar-refractivity contribution in [3.8, 4) is 5.75 Å². The second kappa shape index (κ2) is 12.3. The van der Waals surface area contributed by atoms with Crippen LogP contribution in [0.1, 0.15) is 42.1 Å². The van der Waals surface area contributed by atoms with Crippen molar-refractivity contribution in [2.24, 2.45) is 0 Å². The molecule has 2 fully saturated rings. The molecule has 3 aliphatic heterocycles. The van der Waals surface area contributed by atoms with Crippen molar-refractivity contribution in [1.82, 2.24) is 20.4 Å². The van der Waals surface area contributed by atoms with Crippen LogP contribution in [0, 0.1) is 11.6 Å². The smallest absolute Gasteiger partial charge is 0.258 e. The Kier molecular flexibility index (Phi) is 8.60. The summed E-state index contributed by atoms with van der Waals surface area (Å²) in [5.74, 6) is -2.25. The third-order valence-electron chi connectivity index (χ3n) is 7.71. The quantitative estimate of drug-likeness (QED) is 0.602. The van der Waals surface area contributed by atoms with Gasteiger partial charge in [-0.25, -0.2) is 8.78 Å². The van der Waals surface area contributed by atoms with Crippen molar-refractivity contribution < 1.29 is 32.6 Å². The SMILES string of the molecule is CC(=O)N[C@@H]1CC[C@H]2CCOc3ccccc3C(=O)N3CCN(Cc4ccc(F)c(F)c4)C[C@H]3C(=O)NC[C@H]1O2. The van der Waals surface area contributed by atoms with E-state index in [0.717, 1.165) is 18.6 Å². The van der Waals surface area contributed by atoms with Gasteiger partial charge >= 0.3 is 0 Å². The maximum atomic E-state index is 13.8. The van der Waals surface area contributed by atoms with Gasteiger partial charge in [-0.3, -0.25) is 19.3 Å². The molecule has 2 bridgehead atoms. The molecule has 11 heteroatoms. The van der Waals surface area contributed by atoms with E-state index in [1.165, 1.54) is 13.0 Å². The van der Waals surface area contributed by atoms with Crippen LogP contribution in [0.2, 0.25) is 0 Å². The maximum Gasteiger partial charge on any atom is 0.258 e. The minimum Gasteiger partial charge on any atom is -0.493 e. The van der Waals surface area contributed by atoms with Gasteiger partial charge in [-0.05, 0) is 42.7 Å². The lowest BCUT2D eigenvalue weighted by Crippen LogP contribution is -2.61. The van der Waals surface area contributed by atoms with Crippen molar-refractivity contribution in [1.29, 1.82) is 0 Å². The number of nitrogens with zero attached hydrogens (tertiary/aromatic N) is 2. The van der Waals surface area contributed by atoms with Crippen LogP contribution in [0.4, 0.5) is 8.78 Å². The molecule has 0 unspecified atom stereocenters. The molecule has 0 spiro atoms. The Morgan fingerprint density at radius 1 is 1.07 bits per heavy atom. The number of ether oxygens (including phenoxy) is 2. The number of benzene rings is 2. The highest BCUT2D eigenvalue weighted by atomic mass is 19.2. The minimum atomic E-state index is -0.932. The number of hydrogen-bond donors (Lipinski definition) is 2. The Balaban J connectivity index is 1.41. The number of nitrogens with one attached hydrogen (secondary N) is 2. The highest BCUT2D eigenvalue weighted by molar-refractivity contribution is 6.00. The first-order valence-electron chi connectivity index (χ1n) is 13.7. The fraction of sp³-hybridized carbons (Fsp3) is 0.483. The third kappa shape index (κ3) is 6.42. The van der Waals surface area contributed by atoms with Gasteiger partial charge in [0.15, 0.2) is 11.6 Å². The molecule has 3 aliphatic rings. The monoisotopic (exact) mass is 556 g/mol. The zero-order chi connectivity index (χ0) is 28.2. The molecule has 0 aliphatic carbocycles. The summed E-state index contributed by atoms with van der Waals surface area (Å²) in [7, 11) is 0. The first-order valence-corrected chi connectivity index (χ1v) is 13.7. The summed E-state index contributed by atoms with van der Waals surface area (Å²) in [6.45, 7) is 3.15. The molecule has 0 radical (unpaired) electrons. The lowest BCUT2D eigenvalue weighted by molar-refractivity contribution is -0.131. The number of rotatable bonds is 3. The van der Waals surface area contributed by atoms with E-state index in [1.807, 2.05) is 4.90 Å². The predicted molar refractivity (Wildman–Crippen MR) is 142 cm³/mol. The van der Waals surface area contributed by atoms with Crippen molar-refractivity contribution in [2.45, 2.75) is 57.0 Å². The fourth-order valence-corrected chi connectivity index (χ4v) is 5.68. The van der Waals surface area contributed by atoms with Crippen LogP contribution in [-0.4, -0.2) is 84.6 Å². The molecule has 2 saturated heterocycles. The molecule has 2 aromatic carbocycles. The van der Waals surface area contributed by atoms with Crippen molar-refractivity contribution >= 4 is 17.7 Å². The minimum absolute atomic E-state index is 0.115. The van der Waals surface area contributed by atoms with Gasteiger partial charge in [-0.15, -0.1) is 0 Å². The second-order valence-corrected chi connectivity index (χ2v) is 10.6. The fourth-order valence-electron chi connectivity index (χ4n) is 5.68. The van der Waals surface area contributed by atoms with E-state index >= 15 is 0 Å². The Morgan fingerprint density at radius 3 is 2.70 bits per heavy atom. The largest absolute Gasteiger partial charge is 0.493 e. The van der Waals surface area contributed by atoms with Crippen LogP contribution in [0.3, 0.4) is 0 Å². The van der Waals surface area contributed by atoms with Crippen molar-refractivity contribution in [3.63, 3.8) is 0 Å². The first kappa shape index (κ1) is 28.0. The number of hydrogen-bond acceptors (Lipinski definition) is 6. The number of para-hydroxylation sites is 1. The van der Waals surface area contributed by atoms with Gasteiger partial charge < -0.3 is 25.0 Å². The normalized spacial score (nSPS) is 26.0. The molecule has 3 heterocycles.